The lowest BCUT2D eigenvalue weighted by Gasteiger charge is -2.45. The number of piperidine rings is 1. The second-order valence-corrected chi connectivity index (χ2v) is 11.2. The summed E-state index contributed by atoms with van der Waals surface area (Å²) in [5, 5.41) is 12.8. The molecule has 1 unspecified atom stereocenters. The van der Waals surface area contributed by atoms with Gasteiger partial charge in [0, 0.05) is 37.0 Å². The fourth-order valence-corrected chi connectivity index (χ4v) is 6.71. The van der Waals surface area contributed by atoms with E-state index in [2.05, 4.69) is 26.3 Å². The molecule has 11 heteroatoms. The first kappa shape index (κ1) is 25.8. The first-order valence-electron chi connectivity index (χ1n) is 13.9. The van der Waals surface area contributed by atoms with Crippen molar-refractivity contribution >= 4 is 39.9 Å². The maximum atomic E-state index is 14.7. The highest BCUT2D eigenvalue weighted by Gasteiger charge is 2.47. The van der Waals surface area contributed by atoms with Crippen LogP contribution in [0.25, 0.3) is 27.7 Å². The topological polar surface area (TPSA) is 91.6 Å². The number of carbonyl (C=O) groups excluding carboxylic acids is 1. The molecule has 2 fully saturated rings. The van der Waals surface area contributed by atoms with E-state index >= 15 is 0 Å². The van der Waals surface area contributed by atoms with Crippen LogP contribution in [0, 0.1) is 5.82 Å². The fourth-order valence-electron chi connectivity index (χ4n) is 6.46. The number of benzene rings is 1. The molecule has 2 aliphatic rings. The number of nitrogens with zero attached hydrogens (tertiary/aromatic N) is 6. The number of nitrogens with one attached hydrogen (secondary N) is 1. The van der Waals surface area contributed by atoms with Gasteiger partial charge in [0.1, 0.15) is 17.4 Å². The number of halogens is 2. The number of amides is 1. The molecule has 5 aromatic rings. The quantitative estimate of drug-likeness (QED) is 0.288. The minimum atomic E-state index is -0.580. The van der Waals surface area contributed by atoms with E-state index in [1.165, 1.54) is 12.1 Å². The van der Waals surface area contributed by atoms with Gasteiger partial charge in [-0.2, -0.15) is 5.10 Å². The molecule has 1 aromatic carbocycles. The van der Waals surface area contributed by atoms with Crippen molar-refractivity contribution in [2.24, 2.45) is 0 Å². The number of anilines is 1. The molecule has 6 heterocycles. The zero-order valence-corrected chi connectivity index (χ0v) is 23.4. The molecule has 1 spiro atoms. The Morgan fingerprint density at radius 1 is 1.17 bits per heavy atom. The molecule has 4 aromatic heterocycles. The third-order valence-corrected chi connectivity index (χ3v) is 8.71. The molecular weight excluding hydrogens is 545 g/mol. The molecule has 1 N–H and O–H groups in total. The predicted molar refractivity (Wildman–Crippen MR) is 155 cm³/mol. The molecular formula is C30H29ClFN7O2. The zero-order chi connectivity index (χ0) is 28.1. The van der Waals surface area contributed by atoms with Crippen molar-refractivity contribution in [3.8, 4) is 16.9 Å². The summed E-state index contributed by atoms with van der Waals surface area (Å²) in [6, 6.07) is 10.5. The third-order valence-electron chi connectivity index (χ3n) is 8.40. The Labute approximate surface area is 240 Å². The molecule has 9 nitrogen and oxygen atoms in total. The van der Waals surface area contributed by atoms with Gasteiger partial charge in [-0.3, -0.25) is 9.89 Å². The van der Waals surface area contributed by atoms with E-state index in [9.17, 15) is 9.18 Å². The highest BCUT2D eigenvalue weighted by atomic mass is 35.5. The van der Waals surface area contributed by atoms with Crippen LogP contribution in [0.4, 0.5) is 10.2 Å². The van der Waals surface area contributed by atoms with Crippen LogP contribution >= 0.6 is 11.6 Å². The van der Waals surface area contributed by atoms with E-state index in [4.69, 9.17) is 21.3 Å². The first-order chi connectivity index (χ1) is 20.0. The second-order valence-electron chi connectivity index (χ2n) is 10.8. The van der Waals surface area contributed by atoms with Gasteiger partial charge in [0.2, 0.25) is 0 Å². The van der Waals surface area contributed by atoms with E-state index in [-0.39, 0.29) is 22.0 Å². The maximum Gasteiger partial charge on any atom is 0.258 e. The summed E-state index contributed by atoms with van der Waals surface area (Å²) in [4.78, 5) is 22.6. The Kier molecular flexibility index (Phi) is 6.30. The van der Waals surface area contributed by atoms with Crippen molar-refractivity contribution in [2.45, 2.75) is 38.1 Å². The summed E-state index contributed by atoms with van der Waals surface area (Å²) in [6.45, 7) is 4.47. The van der Waals surface area contributed by atoms with Crippen molar-refractivity contribution in [1.82, 2.24) is 29.7 Å². The summed E-state index contributed by atoms with van der Waals surface area (Å²) >= 11 is 6.28. The molecule has 41 heavy (non-hydrogen) atoms. The van der Waals surface area contributed by atoms with Gasteiger partial charge in [0.25, 0.3) is 5.91 Å². The van der Waals surface area contributed by atoms with E-state index in [1.807, 2.05) is 40.9 Å². The molecule has 0 aliphatic carbocycles. The van der Waals surface area contributed by atoms with E-state index in [1.54, 1.807) is 12.3 Å². The average Bonchev–Trinajstić information content (AvgIpc) is 3.69. The standard InChI is InChI=1S/C30H29ClFN7O2/c1-2-41-20-14-21(27-22-16-34-35-28(22)36-39(27)17-20)19-8-9-25(33-15-19)37-13-11-30(18-37)10-3-4-12-38(30)29(40)26-23(31)6-5-7-24(26)32/h5-9,14-17H,2-4,10-13,18H2,1H3,(H,35,36). The Balaban J connectivity index is 1.19. The highest BCUT2D eigenvalue weighted by molar-refractivity contribution is 6.33. The molecule has 0 bridgehead atoms. The van der Waals surface area contributed by atoms with Gasteiger partial charge >= 0.3 is 0 Å². The number of likely N-dealkylation sites (tertiary alicyclic amines) is 1. The Morgan fingerprint density at radius 2 is 2.07 bits per heavy atom. The number of pyridine rings is 2. The lowest BCUT2D eigenvalue weighted by Crippen LogP contribution is -2.56. The third kappa shape index (κ3) is 4.28. The number of hydrogen-bond donors (Lipinski definition) is 1. The zero-order valence-electron chi connectivity index (χ0n) is 22.6. The van der Waals surface area contributed by atoms with Crippen LogP contribution in [0.3, 0.4) is 0 Å². The Bertz CT molecular complexity index is 1750. The van der Waals surface area contributed by atoms with Crippen molar-refractivity contribution in [3.05, 3.63) is 71.4 Å². The summed E-state index contributed by atoms with van der Waals surface area (Å²) < 4.78 is 22.3. The normalized spacial score (nSPS) is 19.1. The highest BCUT2D eigenvalue weighted by Crippen LogP contribution is 2.40. The van der Waals surface area contributed by atoms with Crippen molar-refractivity contribution in [2.75, 3.05) is 31.1 Å². The van der Waals surface area contributed by atoms with E-state index < -0.39 is 5.82 Å². The van der Waals surface area contributed by atoms with Gasteiger partial charge in [-0.15, -0.1) is 5.10 Å². The van der Waals surface area contributed by atoms with Crippen molar-refractivity contribution in [1.29, 1.82) is 0 Å². The summed E-state index contributed by atoms with van der Waals surface area (Å²) in [5.74, 6) is 0.647. The van der Waals surface area contributed by atoms with Crippen molar-refractivity contribution < 1.29 is 13.9 Å². The Hall–Kier alpha value is -4.18. The number of fused-ring (bicyclic) bond motifs is 3. The number of H-pyrrole nitrogens is 1. The number of aromatic nitrogens is 5. The number of rotatable bonds is 5. The second kappa shape index (κ2) is 10.0. The van der Waals surface area contributed by atoms with Crippen LogP contribution in [0.5, 0.6) is 5.75 Å². The Morgan fingerprint density at radius 3 is 2.88 bits per heavy atom. The number of carbonyl (C=O) groups is 1. The minimum Gasteiger partial charge on any atom is -0.492 e. The summed E-state index contributed by atoms with van der Waals surface area (Å²) in [7, 11) is 0. The monoisotopic (exact) mass is 573 g/mol. The van der Waals surface area contributed by atoms with E-state index in [0.29, 0.717) is 25.3 Å². The largest absolute Gasteiger partial charge is 0.492 e. The summed E-state index contributed by atoms with van der Waals surface area (Å²) in [6.07, 6.45) is 9.08. The van der Waals surface area contributed by atoms with E-state index in [0.717, 1.165) is 65.8 Å². The average molecular weight is 574 g/mol. The van der Waals surface area contributed by atoms with Crippen LogP contribution in [-0.4, -0.2) is 67.4 Å². The summed E-state index contributed by atoms with van der Waals surface area (Å²) in [5.41, 5.74) is 3.08. The van der Waals surface area contributed by atoms with Gasteiger partial charge in [0.05, 0.1) is 46.0 Å². The van der Waals surface area contributed by atoms with Crippen LogP contribution < -0.4 is 9.64 Å². The minimum absolute atomic E-state index is 0.0384. The van der Waals surface area contributed by atoms with Crippen LogP contribution in [0.2, 0.25) is 5.02 Å². The van der Waals surface area contributed by atoms with Crippen LogP contribution in [0.1, 0.15) is 43.0 Å². The maximum absolute atomic E-state index is 14.7. The molecule has 2 saturated heterocycles. The number of ether oxygens (including phenoxy) is 1. The van der Waals surface area contributed by atoms with Crippen LogP contribution in [-0.2, 0) is 0 Å². The number of hydrogen-bond acceptors (Lipinski definition) is 6. The molecule has 0 radical (unpaired) electrons. The van der Waals surface area contributed by atoms with Crippen molar-refractivity contribution in [3.63, 3.8) is 0 Å². The molecule has 210 valence electrons. The SMILES string of the molecule is CCOc1cc(-c2ccc(N3CCC4(CCCCN4C(=O)c4c(F)cccc4Cl)C3)nc2)c2c3cn[nH]c3nn2c1. The molecule has 1 atom stereocenters. The predicted octanol–water partition coefficient (Wildman–Crippen LogP) is 5.74. The molecule has 1 amide bonds. The number of aromatic amines is 1. The van der Waals surface area contributed by atoms with Gasteiger partial charge in [-0.25, -0.2) is 13.9 Å². The lowest BCUT2D eigenvalue weighted by molar-refractivity contribution is 0.0381. The first-order valence-corrected chi connectivity index (χ1v) is 14.3. The molecule has 2 aliphatic heterocycles. The van der Waals surface area contributed by atoms with Gasteiger partial charge in [-0.1, -0.05) is 17.7 Å². The van der Waals surface area contributed by atoms with Gasteiger partial charge in [0.15, 0.2) is 5.65 Å². The van der Waals surface area contributed by atoms with Crippen LogP contribution in [0.15, 0.2) is 55.0 Å². The van der Waals surface area contributed by atoms with Gasteiger partial charge in [-0.05, 0) is 62.9 Å². The lowest BCUT2D eigenvalue weighted by atomic mass is 9.85. The smallest absolute Gasteiger partial charge is 0.258 e. The fraction of sp³-hybridized carbons (Fsp3) is 0.333. The molecule has 0 saturated carbocycles. The molecule has 7 rings (SSSR count). The van der Waals surface area contributed by atoms with Gasteiger partial charge < -0.3 is 14.5 Å².